The molecule has 0 fully saturated rings. The van der Waals surface area contributed by atoms with Gasteiger partial charge in [0.2, 0.25) is 0 Å². The lowest BCUT2D eigenvalue weighted by Gasteiger charge is -1.98. The lowest BCUT2D eigenvalue weighted by molar-refractivity contribution is 0.0600. The standard InChI is InChI=1S/C10H7NO3/c1-14-10(13)8-4-2-7(3-5-8)9(12)6-11/h2-5H,1H3. The van der Waals surface area contributed by atoms with Gasteiger partial charge in [0.1, 0.15) is 6.07 Å². The molecule has 4 heteroatoms. The second kappa shape index (κ2) is 4.19. The number of ether oxygens (including phenoxy) is 1. The number of rotatable bonds is 2. The Hall–Kier alpha value is -2.15. The number of esters is 1. The number of nitriles is 1. The van der Waals surface area contributed by atoms with Crippen LogP contribution >= 0.6 is 0 Å². The fourth-order valence-electron chi connectivity index (χ4n) is 0.940. The summed E-state index contributed by atoms with van der Waals surface area (Å²) in [7, 11) is 1.27. The van der Waals surface area contributed by atoms with E-state index in [1.807, 2.05) is 0 Å². The van der Waals surface area contributed by atoms with Crippen molar-refractivity contribution >= 4 is 11.8 Å². The molecule has 1 rings (SSSR count). The molecule has 14 heavy (non-hydrogen) atoms. The smallest absolute Gasteiger partial charge is 0.337 e. The number of hydrogen-bond acceptors (Lipinski definition) is 4. The molecule has 0 aliphatic carbocycles. The fraction of sp³-hybridized carbons (Fsp3) is 0.100. The third-order valence-electron chi connectivity index (χ3n) is 1.67. The molecule has 0 unspecified atom stereocenters. The topological polar surface area (TPSA) is 67.2 Å². The Bertz CT molecular complexity index is 400. The fourth-order valence-corrected chi connectivity index (χ4v) is 0.940. The van der Waals surface area contributed by atoms with Gasteiger partial charge in [0, 0.05) is 5.56 Å². The number of carbonyl (C=O) groups is 2. The summed E-state index contributed by atoms with van der Waals surface area (Å²) in [5.41, 5.74) is 0.613. The summed E-state index contributed by atoms with van der Waals surface area (Å²) < 4.78 is 4.47. The van der Waals surface area contributed by atoms with Gasteiger partial charge < -0.3 is 4.74 Å². The number of Topliss-reactive ketones (excluding diaryl/α,β-unsaturated/α-hetero) is 1. The van der Waals surface area contributed by atoms with Gasteiger partial charge in [-0.15, -0.1) is 0 Å². The second-order valence-electron chi connectivity index (χ2n) is 2.51. The van der Waals surface area contributed by atoms with E-state index in [4.69, 9.17) is 5.26 Å². The van der Waals surface area contributed by atoms with Gasteiger partial charge in [0.25, 0.3) is 5.78 Å². The van der Waals surface area contributed by atoms with Crippen molar-refractivity contribution in [1.29, 1.82) is 5.26 Å². The molecule has 0 aliphatic heterocycles. The van der Waals surface area contributed by atoms with E-state index in [-0.39, 0.29) is 5.56 Å². The largest absolute Gasteiger partial charge is 0.465 e. The van der Waals surface area contributed by atoms with Crippen molar-refractivity contribution in [3.8, 4) is 6.07 Å². The Labute approximate surface area is 80.7 Å². The Kier molecular flexibility index (Phi) is 2.97. The Morgan fingerprint density at radius 3 is 2.14 bits per heavy atom. The zero-order valence-electron chi connectivity index (χ0n) is 7.48. The highest BCUT2D eigenvalue weighted by molar-refractivity contribution is 6.07. The van der Waals surface area contributed by atoms with Crippen LogP contribution < -0.4 is 0 Å². The minimum atomic E-state index is -0.624. The van der Waals surface area contributed by atoms with Crippen LogP contribution in [0.4, 0.5) is 0 Å². The molecule has 0 radical (unpaired) electrons. The molecule has 0 aromatic heterocycles. The van der Waals surface area contributed by atoms with E-state index in [1.54, 1.807) is 0 Å². The summed E-state index contributed by atoms with van der Waals surface area (Å²) in [6.45, 7) is 0. The molecule has 0 aliphatic rings. The molecule has 0 saturated carbocycles. The third kappa shape index (κ3) is 1.96. The molecule has 1 aromatic rings. The number of nitrogens with zero attached hydrogens (tertiary/aromatic N) is 1. The monoisotopic (exact) mass is 189 g/mol. The van der Waals surface area contributed by atoms with Crippen molar-refractivity contribution in [2.75, 3.05) is 7.11 Å². The summed E-state index contributed by atoms with van der Waals surface area (Å²) in [4.78, 5) is 21.9. The molecule has 0 spiro atoms. The van der Waals surface area contributed by atoms with E-state index >= 15 is 0 Å². The van der Waals surface area contributed by atoms with Crippen molar-refractivity contribution < 1.29 is 14.3 Å². The van der Waals surface area contributed by atoms with Crippen LogP contribution in [0.2, 0.25) is 0 Å². The first-order valence-electron chi connectivity index (χ1n) is 3.82. The average Bonchev–Trinajstić information content (AvgIpc) is 2.27. The predicted molar refractivity (Wildman–Crippen MR) is 47.7 cm³/mol. The first-order chi connectivity index (χ1) is 6.69. The SMILES string of the molecule is COC(=O)c1ccc(C(=O)C#N)cc1. The van der Waals surface area contributed by atoms with E-state index in [0.717, 1.165) is 0 Å². The van der Waals surface area contributed by atoms with Crippen molar-refractivity contribution in [2.24, 2.45) is 0 Å². The first kappa shape index (κ1) is 9.93. The Morgan fingerprint density at radius 1 is 1.21 bits per heavy atom. The highest BCUT2D eigenvalue weighted by Crippen LogP contribution is 2.05. The molecule has 0 bridgehead atoms. The highest BCUT2D eigenvalue weighted by Gasteiger charge is 2.07. The van der Waals surface area contributed by atoms with Gasteiger partial charge in [-0.25, -0.2) is 4.79 Å². The minimum Gasteiger partial charge on any atom is -0.465 e. The van der Waals surface area contributed by atoms with Gasteiger partial charge in [0.15, 0.2) is 0 Å². The van der Waals surface area contributed by atoms with Crippen LogP contribution in [0.5, 0.6) is 0 Å². The molecule has 0 N–H and O–H groups in total. The van der Waals surface area contributed by atoms with Crippen LogP contribution in [0.25, 0.3) is 0 Å². The number of hydrogen-bond donors (Lipinski definition) is 0. The predicted octanol–water partition coefficient (Wildman–Crippen LogP) is 1.18. The van der Waals surface area contributed by atoms with Gasteiger partial charge in [-0.1, -0.05) is 0 Å². The van der Waals surface area contributed by atoms with Gasteiger partial charge >= 0.3 is 5.97 Å². The van der Waals surface area contributed by atoms with Gasteiger partial charge in [-0.05, 0) is 24.3 Å². The Morgan fingerprint density at radius 2 is 1.71 bits per heavy atom. The summed E-state index contributed by atoms with van der Waals surface area (Å²) in [5.74, 6) is -1.10. The first-order valence-corrected chi connectivity index (χ1v) is 3.82. The van der Waals surface area contributed by atoms with E-state index in [1.165, 1.54) is 37.4 Å². The molecule has 0 heterocycles. The summed E-state index contributed by atoms with van der Waals surface area (Å²) >= 11 is 0. The lowest BCUT2D eigenvalue weighted by Crippen LogP contribution is -2.02. The molecule has 0 saturated heterocycles. The summed E-state index contributed by atoms with van der Waals surface area (Å²) in [5, 5.41) is 8.32. The normalized spacial score (nSPS) is 8.86. The van der Waals surface area contributed by atoms with E-state index < -0.39 is 11.8 Å². The van der Waals surface area contributed by atoms with Crippen LogP contribution in [0.15, 0.2) is 24.3 Å². The van der Waals surface area contributed by atoms with Crippen molar-refractivity contribution in [2.45, 2.75) is 0 Å². The van der Waals surface area contributed by atoms with E-state index in [9.17, 15) is 9.59 Å². The average molecular weight is 189 g/mol. The Balaban J connectivity index is 2.96. The number of carbonyl (C=O) groups excluding carboxylic acids is 2. The van der Waals surface area contributed by atoms with Crippen LogP contribution in [0, 0.1) is 11.3 Å². The van der Waals surface area contributed by atoms with Gasteiger partial charge in [0.05, 0.1) is 12.7 Å². The maximum absolute atomic E-state index is 11.0. The van der Waals surface area contributed by atoms with Crippen molar-refractivity contribution in [3.05, 3.63) is 35.4 Å². The van der Waals surface area contributed by atoms with Gasteiger partial charge in [-0.3, -0.25) is 4.79 Å². The summed E-state index contributed by atoms with van der Waals surface area (Å²) in [6.07, 6.45) is 0. The highest BCUT2D eigenvalue weighted by atomic mass is 16.5. The molecule has 4 nitrogen and oxygen atoms in total. The summed E-state index contributed by atoms with van der Waals surface area (Å²) in [6, 6.07) is 7.20. The van der Waals surface area contributed by atoms with Crippen LogP contribution in [-0.4, -0.2) is 18.9 Å². The molecule has 70 valence electrons. The van der Waals surface area contributed by atoms with Crippen LogP contribution in [0.3, 0.4) is 0 Å². The maximum Gasteiger partial charge on any atom is 0.337 e. The molecular weight excluding hydrogens is 182 g/mol. The van der Waals surface area contributed by atoms with Crippen molar-refractivity contribution in [1.82, 2.24) is 0 Å². The number of ketones is 1. The lowest BCUT2D eigenvalue weighted by atomic mass is 10.1. The van der Waals surface area contributed by atoms with Crippen molar-refractivity contribution in [3.63, 3.8) is 0 Å². The van der Waals surface area contributed by atoms with E-state index in [2.05, 4.69) is 4.74 Å². The quantitative estimate of drug-likeness (QED) is 0.398. The van der Waals surface area contributed by atoms with Crippen LogP contribution in [0.1, 0.15) is 20.7 Å². The third-order valence-corrected chi connectivity index (χ3v) is 1.67. The van der Waals surface area contributed by atoms with Gasteiger partial charge in [-0.2, -0.15) is 5.26 Å². The minimum absolute atomic E-state index is 0.264. The number of benzene rings is 1. The van der Waals surface area contributed by atoms with Crippen LogP contribution in [-0.2, 0) is 4.74 Å². The second-order valence-corrected chi connectivity index (χ2v) is 2.51. The zero-order chi connectivity index (χ0) is 10.6. The molecule has 1 aromatic carbocycles. The zero-order valence-corrected chi connectivity index (χ0v) is 7.48. The molecular formula is C10H7NO3. The number of methoxy groups -OCH3 is 1. The van der Waals surface area contributed by atoms with E-state index in [0.29, 0.717) is 5.56 Å². The maximum atomic E-state index is 11.0. The molecule has 0 amide bonds. The molecule has 0 atom stereocenters.